The number of sulfonamides is 1. The van der Waals surface area contributed by atoms with Crippen LogP contribution in [0, 0.1) is 6.92 Å². The third-order valence-corrected chi connectivity index (χ3v) is 5.92. The lowest BCUT2D eigenvalue weighted by Gasteiger charge is -2.13. The van der Waals surface area contributed by atoms with Gasteiger partial charge in [-0.2, -0.15) is 9.71 Å². The van der Waals surface area contributed by atoms with Gasteiger partial charge in [0.1, 0.15) is 23.2 Å². The molecule has 0 aliphatic heterocycles. The molecule has 11 nitrogen and oxygen atoms in total. The second kappa shape index (κ2) is 9.32. The van der Waals surface area contributed by atoms with Gasteiger partial charge in [-0.05, 0) is 32.9 Å². The highest BCUT2D eigenvalue weighted by atomic mass is 32.2. The quantitative estimate of drug-likeness (QED) is 0.471. The Hall–Kier alpha value is -3.51. The van der Waals surface area contributed by atoms with Gasteiger partial charge in [0.2, 0.25) is 15.7 Å². The topological polar surface area (TPSA) is 164 Å². The summed E-state index contributed by atoms with van der Waals surface area (Å²) >= 11 is 0. The number of nitrogens with zero attached hydrogens (tertiary/aromatic N) is 2. The monoisotopic (exact) mass is 462 g/mol. The predicted molar refractivity (Wildman–Crippen MR) is 113 cm³/mol. The van der Waals surface area contributed by atoms with Crippen molar-refractivity contribution >= 4 is 38.9 Å². The number of nitrogens with two attached hydrogens (primary N) is 1. The van der Waals surface area contributed by atoms with Gasteiger partial charge in [0.25, 0.3) is 0 Å². The molecule has 12 heteroatoms. The molecule has 0 aliphatic rings. The first kappa shape index (κ1) is 23.2. The molecule has 1 atom stereocenters. The number of aromatic nitrogens is 2. The molecule has 0 radical (unpaired) electrons. The van der Waals surface area contributed by atoms with Gasteiger partial charge in [0.15, 0.2) is 12.4 Å². The van der Waals surface area contributed by atoms with Crippen molar-refractivity contribution in [3.63, 3.8) is 0 Å². The molecule has 32 heavy (non-hydrogen) atoms. The van der Waals surface area contributed by atoms with Gasteiger partial charge < -0.3 is 19.6 Å². The van der Waals surface area contributed by atoms with E-state index in [2.05, 4.69) is 14.7 Å². The molecule has 0 fully saturated rings. The lowest BCUT2D eigenvalue weighted by atomic mass is 10.2. The van der Waals surface area contributed by atoms with Gasteiger partial charge >= 0.3 is 11.9 Å². The fraction of sp³-hybridized carbons (Fsp3) is 0.300. The molecule has 0 saturated heterocycles. The summed E-state index contributed by atoms with van der Waals surface area (Å²) in [5, 5.41) is 0.208. The average molecular weight is 462 g/mol. The number of fused-ring (bicyclic) bond motifs is 1. The van der Waals surface area contributed by atoms with Gasteiger partial charge in [-0.25, -0.2) is 18.2 Å². The Balaban J connectivity index is 1.72. The van der Waals surface area contributed by atoms with Crippen LogP contribution in [0.15, 0.2) is 39.6 Å². The van der Waals surface area contributed by atoms with Gasteiger partial charge in [-0.1, -0.05) is 18.2 Å². The third-order valence-electron chi connectivity index (χ3n) is 4.36. The number of nitrogens with one attached hydrogen (secondary N) is 1. The number of carbonyl (C=O) groups is 2. The predicted octanol–water partition coefficient (Wildman–Crippen LogP) is 1.70. The van der Waals surface area contributed by atoms with Crippen molar-refractivity contribution in [2.45, 2.75) is 38.3 Å². The van der Waals surface area contributed by atoms with Crippen molar-refractivity contribution in [1.29, 1.82) is 0 Å². The van der Waals surface area contributed by atoms with Crippen molar-refractivity contribution in [3.05, 3.63) is 47.5 Å². The Morgan fingerprint density at radius 3 is 2.53 bits per heavy atom. The number of benzene rings is 1. The summed E-state index contributed by atoms with van der Waals surface area (Å²) in [4.78, 5) is 32.6. The van der Waals surface area contributed by atoms with E-state index in [0.29, 0.717) is 0 Å². The number of ether oxygens (including phenoxy) is 2. The molecular weight excluding hydrogens is 440 g/mol. The zero-order valence-corrected chi connectivity index (χ0v) is 18.4. The van der Waals surface area contributed by atoms with Crippen molar-refractivity contribution in [2.75, 3.05) is 12.3 Å². The number of anilines is 1. The highest BCUT2D eigenvalue weighted by Crippen LogP contribution is 2.29. The van der Waals surface area contributed by atoms with Crippen LogP contribution in [0.5, 0.6) is 0 Å². The minimum absolute atomic E-state index is 0.0191. The Kier molecular flexibility index (Phi) is 6.75. The molecule has 1 aromatic carbocycles. The smallest absolute Gasteiger partial charge is 0.342 e. The number of hydrogen-bond donors (Lipinski definition) is 2. The third kappa shape index (κ3) is 4.86. The first-order valence-corrected chi connectivity index (χ1v) is 11.1. The van der Waals surface area contributed by atoms with Crippen LogP contribution in [-0.2, 0) is 30.9 Å². The maximum absolute atomic E-state index is 12.3. The number of furan rings is 1. The van der Waals surface area contributed by atoms with Crippen molar-refractivity contribution in [1.82, 2.24) is 14.7 Å². The fourth-order valence-corrected chi connectivity index (χ4v) is 4.12. The van der Waals surface area contributed by atoms with Crippen molar-refractivity contribution in [2.24, 2.45) is 0 Å². The molecule has 3 aromatic rings. The molecule has 2 heterocycles. The van der Waals surface area contributed by atoms with Crippen LogP contribution in [0.2, 0.25) is 0 Å². The number of carbonyl (C=O) groups excluding carboxylic acids is 2. The maximum Gasteiger partial charge on any atom is 0.342 e. The minimum Gasteiger partial charge on any atom is -0.462 e. The van der Waals surface area contributed by atoms with Gasteiger partial charge in [-0.15, -0.1) is 0 Å². The van der Waals surface area contributed by atoms with E-state index in [-0.39, 0.29) is 52.2 Å². The SMILES string of the molecule is CCOC(=O)c1c(C)oc2nc(COC(=O)[C@H](C)NS(=O)(=O)c3ccccc3)nc(N)c12. The summed E-state index contributed by atoms with van der Waals surface area (Å²) in [5.41, 5.74) is 6.14. The zero-order valence-electron chi connectivity index (χ0n) is 17.6. The van der Waals surface area contributed by atoms with Crippen LogP contribution in [0.3, 0.4) is 0 Å². The first-order chi connectivity index (χ1) is 15.1. The molecular formula is C20H22N4O7S. The van der Waals surface area contributed by atoms with Gasteiger partial charge in [0.05, 0.1) is 16.9 Å². The van der Waals surface area contributed by atoms with Crippen LogP contribution in [0.4, 0.5) is 5.82 Å². The first-order valence-electron chi connectivity index (χ1n) is 9.60. The van der Waals surface area contributed by atoms with Crippen LogP contribution < -0.4 is 10.5 Å². The Morgan fingerprint density at radius 2 is 1.88 bits per heavy atom. The number of hydrogen-bond acceptors (Lipinski definition) is 10. The van der Waals surface area contributed by atoms with Crippen LogP contribution >= 0.6 is 0 Å². The average Bonchev–Trinajstić information content (AvgIpc) is 3.09. The van der Waals surface area contributed by atoms with E-state index in [1.807, 2.05) is 0 Å². The molecule has 0 unspecified atom stereocenters. The summed E-state index contributed by atoms with van der Waals surface area (Å²) in [5.74, 6) is -1.21. The van der Waals surface area contributed by atoms with E-state index in [4.69, 9.17) is 19.6 Å². The maximum atomic E-state index is 12.3. The van der Waals surface area contributed by atoms with E-state index < -0.39 is 28.0 Å². The summed E-state index contributed by atoms with van der Waals surface area (Å²) in [6, 6.07) is 6.46. The Morgan fingerprint density at radius 1 is 1.19 bits per heavy atom. The molecule has 0 aliphatic carbocycles. The summed E-state index contributed by atoms with van der Waals surface area (Å²) in [6.07, 6.45) is 0. The molecule has 0 spiro atoms. The van der Waals surface area contributed by atoms with Crippen molar-refractivity contribution < 1.29 is 31.9 Å². The number of aryl methyl sites for hydroxylation is 1. The van der Waals surface area contributed by atoms with E-state index in [9.17, 15) is 18.0 Å². The van der Waals surface area contributed by atoms with E-state index in [1.54, 1.807) is 32.0 Å². The summed E-state index contributed by atoms with van der Waals surface area (Å²) < 4.78 is 42.5. The molecule has 3 rings (SSSR count). The normalized spacial score (nSPS) is 12.5. The highest BCUT2D eigenvalue weighted by molar-refractivity contribution is 7.89. The molecule has 3 N–H and O–H groups in total. The Labute approximate surface area is 184 Å². The highest BCUT2D eigenvalue weighted by Gasteiger charge is 2.25. The van der Waals surface area contributed by atoms with Crippen LogP contribution in [0.25, 0.3) is 11.1 Å². The molecule has 170 valence electrons. The zero-order chi connectivity index (χ0) is 23.5. The fourth-order valence-electron chi connectivity index (χ4n) is 2.91. The summed E-state index contributed by atoms with van der Waals surface area (Å²) in [7, 11) is -3.90. The van der Waals surface area contributed by atoms with Gasteiger partial charge in [0, 0.05) is 0 Å². The van der Waals surface area contributed by atoms with Crippen LogP contribution in [0.1, 0.15) is 35.8 Å². The van der Waals surface area contributed by atoms with E-state index >= 15 is 0 Å². The van der Waals surface area contributed by atoms with E-state index in [0.717, 1.165) is 0 Å². The number of nitrogen functional groups attached to an aromatic ring is 1. The number of rotatable bonds is 8. The molecule has 0 saturated carbocycles. The largest absolute Gasteiger partial charge is 0.462 e. The second-order valence-electron chi connectivity index (χ2n) is 6.72. The Bertz CT molecular complexity index is 1260. The van der Waals surface area contributed by atoms with E-state index in [1.165, 1.54) is 19.1 Å². The lowest BCUT2D eigenvalue weighted by molar-refractivity contribution is -0.146. The van der Waals surface area contributed by atoms with Crippen LogP contribution in [-0.4, -0.2) is 43.0 Å². The molecule has 2 aromatic heterocycles. The second-order valence-corrected chi connectivity index (χ2v) is 8.44. The van der Waals surface area contributed by atoms with Crippen molar-refractivity contribution in [3.8, 4) is 0 Å². The number of esters is 2. The molecule has 0 bridgehead atoms. The summed E-state index contributed by atoms with van der Waals surface area (Å²) in [6.45, 7) is 4.37. The lowest BCUT2D eigenvalue weighted by Crippen LogP contribution is -2.39. The molecule has 0 amide bonds. The standard InChI is InChI=1S/C20H22N4O7S/c1-4-29-20(26)15-12(3)31-18-16(15)17(21)22-14(23-18)10-30-19(25)11(2)24-32(27,28)13-8-6-5-7-9-13/h5-9,11,24H,4,10H2,1-3H3,(H2,21,22,23)/t11-/m0/s1. The van der Waals surface area contributed by atoms with Gasteiger partial charge in [-0.3, -0.25) is 4.79 Å². The minimum atomic E-state index is -3.90.